The van der Waals surface area contributed by atoms with Gasteiger partial charge in [0.25, 0.3) is 5.56 Å². The van der Waals surface area contributed by atoms with Crippen molar-refractivity contribution in [2.45, 2.75) is 25.4 Å². The smallest absolute Gasteiger partial charge is 0.251 e. The Balaban J connectivity index is 2.12. The molecule has 18 heavy (non-hydrogen) atoms. The molecule has 0 bridgehead atoms. The minimum atomic E-state index is -0.223. The Kier molecular flexibility index (Phi) is 3.82. The fourth-order valence-corrected chi connectivity index (χ4v) is 2.12. The van der Waals surface area contributed by atoms with E-state index in [2.05, 4.69) is 15.9 Å². The van der Waals surface area contributed by atoms with Gasteiger partial charge in [-0.25, -0.2) is 0 Å². The summed E-state index contributed by atoms with van der Waals surface area (Å²) in [5.74, 6) is -0.181. The van der Waals surface area contributed by atoms with Gasteiger partial charge in [0, 0.05) is 22.8 Å². The van der Waals surface area contributed by atoms with Crippen LogP contribution in [0.3, 0.4) is 0 Å². The van der Waals surface area contributed by atoms with Crippen molar-refractivity contribution in [3.63, 3.8) is 0 Å². The molecule has 1 heterocycles. The lowest BCUT2D eigenvalue weighted by molar-refractivity contribution is -0.131. The normalized spacial score (nSPS) is 14.0. The fourth-order valence-electron chi connectivity index (χ4n) is 1.75. The van der Waals surface area contributed by atoms with Gasteiger partial charge in [0.15, 0.2) is 0 Å². The molecule has 0 aliphatic heterocycles. The lowest BCUT2D eigenvalue weighted by Crippen LogP contribution is -2.38. The first-order valence-electron chi connectivity index (χ1n) is 5.64. The van der Waals surface area contributed by atoms with Gasteiger partial charge in [0.05, 0.1) is 6.07 Å². The van der Waals surface area contributed by atoms with Crippen molar-refractivity contribution in [3.8, 4) is 6.07 Å². The standard InChI is InChI=1S/C12H12BrN3O2/c13-9-1-4-11(17)15(7-9)8-12(18)16(6-5-14)10-2-3-10/h1,4,7,10H,2-3,6,8H2. The van der Waals surface area contributed by atoms with Crippen molar-refractivity contribution in [1.29, 1.82) is 5.26 Å². The molecule has 1 aromatic heterocycles. The van der Waals surface area contributed by atoms with Gasteiger partial charge in [0.2, 0.25) is 5.91 Å². The second kappa shape index (κ2) is 5.36. The molecule has 0 N–H and O–H groups in total. The van der Waals surface area contributed by atoms with E-state index in [1.165, 1.54) is 10.6 Å². The molecule has 2 rings (SSSR count). The summed E-state index contributed by atoms with van der Waals surface area (Å²) in [6.45, 7) is 0.0721. The maximum absolute atomic E-state index is 12.0. The second-order valence-electron chi connectivity index (χ2n) is 4.22. The van der Waals surface area contributed by atoms with Crippen molar-refractivity contribution in [3.05, 3.63) is 33.2 Å². The molecule has 1 aliphatic carbocycles. The molecule has 0 radical (unpaired) electrons. The molecule has 1 aliphatic rings. The molecule has 0 spiro atoms. The average molecular weight is 310 g/mol. The zero-order chi connectivity index (χ0) is 13.1. The molecule has 0 saturated heterocycles. The first-order valence-corrected chi connectivity index (χ1v) is 6.43. The topological polar surface area (TPSA) is 66.1 Å². The van der Waals surface area contributed by atoms with Gasteiger partial charge < -0.3 is 9.47 Å². The number of carbonyl (C=O) groups is 1. The second-order valence-corrected chi connectivity index (χ2v) is 5.14. The third kappa shape index (κ3) is 2.99. The molecule has 0 unspecified atom stereocenters. The first-order chi connectivity index (χ1) is 8.61. The molecule has 6 heteroatoms. The van der Waals surface area contributed by atoms with Gasteiger partial charge in [-0.1, -0.05) is 0 Å². The predicted molar refractivity (Wildman–Crippen MR) is 68.8 cm³/mol. The molecule has 0 atom stereocenters. The highest BCUT2D eigenvalue weighted by Crippen LogP contribution is 2.26. The van der Waals surface area contributed by atoms with Crippen LogP contribution in [0.5, 0.6) is 0 Å². The number of aromatic nitrogens is 1. The van der Waals surface area contributed by atoms with E-state index in [0.717, 1.165) is 17.3 Å². The van der Waals surface area contributed by atoms with E-state index < -0.39 is 0 Å². The van der Waals surface area contributed by atoms with Gasteiger partial charge >= 0.3 is 0 Å². The first kappa shape index (κ1) is 12.8. The van der Waals surface area contributed by atoms with Gasteiger partial charge in [-0.3, -0.25) is 9.59 Å². The Bertz CT molecular complexity index is 557. The third-order valence-corrected chi connectivity index (χ3v) is 3.27. The number of rotatable bonds is 4. The number of carbonyl (C=O) groups excluding carboxylic acids is 1. The molecular formula is C12H12BrN3O2. The van der Waals surface area contributed by atoms with Gasteiger partial charge in [-0.15, -0.1) is 0 Å². The van der Waals surface area contributed by atoms with E-state index in [1.54, 1.807) is 17.2 Å². The summed E-state index contributed by atoms with van der Waals surface area (Å²) >= 11 is 3.26. The molecule has 1 saturated carbocycles. The molecule has 0 aromatic carbocycles. The van der Waals surface area contributed by atoms with Crippen LogP contribution in [0, 0.1) is 11.3 Å². The molecular weight excluding hydrogens is 298 g/mol. The number of halogens is 1. The van der Waals surface area contributed by atoms with Crippen molar-refractivity contribution < 1.29 is 4.79 Å². The Morgan fingerprint density at radius 1 is 1.56 bits per heavy atom. The summed E-state index contributed by atoms with van der Waals surface area (Å²) in [6, 6.07) is 5.21. The van der Waals surface area contributed by atoms with Crippen LogP contribution in [0.15, 0.2) is 27.6 Å². The van der Waals surface area contributed by atoms with E-state index in [9.17, 15) is 9.59 Å². The van der Waals surface area contributed by atoms with E-state index in [4.69, 9.17) is 5.26 Å². The van der Waals surface area contributed by atoms with Crippen LogP contribution in [0.2, 0.25) is 0 Å². The maximum atomic E-state index is 12.0. The van der Waals surface area contributed by atoms with Crippen LogP contribution in [-0.2, 0) is 11.3 Å². The molecule has 1 aromatic rings. The highest BCUT2D eigenvalue weighted by atomic mass is 79.9. The summed E-state index contributed by atoms with van der Waals surface area (Å²) in [7, 11) is 0. The number of pyridine rings is 1. The Morgan fingerprint density at radius 2 is 2.28 bits per heavy atom. The van der Waals surface area contributed by atoms with E-state index in [1.807, 2.05) is 6.07 Å². The molecule has 94 valence electrons. The fraction of sp³-hybridized carbons (Fsp3) is 0.417. The zero-order valence-electron chi connectivity index (χ0n) is 9.67. The molecule has 1 fully saturated rings. The molecule has 1 amide bonds. The number of hydrogen-bond acceptors (Lipinski definition) is 3. The minimum absolute atomic E-state index is 0.0174. The van der Waals surface area contributed by atoms with Crippen LogP contribution >= 0.6 is 15.9 Å². The predicted octanol–water partition coefficient (Wildman–Crippen LogP) is 1.13. The highest BCUT2D eigenvalue weighted by Gasteiger charge is 2.32. The lowest BCUT2D eigenvalue weighted by Gasteiger charge is -2.19. The summed E-state index contributed by atoms with van der Waals surface area (Å²) in [5.41, 5.74) is -0.223. The van der Waals surface area contributed by atoms with Gasteiger partial charge in [0.1, 0.15) is 13.1 Å². The van der Waals surface area contributed by atoms with Gasteiger partial charge in [-0.2, -0.15) is 5.26 Å². The summed E-state index contributed by atoms with van der Waals surface area (Å²) in [4.78, 5) is 25.2. The molecule has 5 nitrogen and oxygen atoms in total. The Labute approximate surface area is 113 Å². The average Bonchev–Trinajstić information content (AvgIpc) is 3.14. The number of hydrogen-bond donors (Lipinski definition) is 0. The van der Waals surface area contributed by atoms with Crippen LogP contribution in [0.4, 0.5) is 0 Å². The Hall–Kier alpha value is -1.61. The largest absolute Gasteiger partial charge is 0.325 e. The van der Waals surface area contributed by atoms with Crippen molar-refractivity contribution in [2.24, 2.45) is 0 Å². The SMILES string of the molecule is N#CCN(C(=O)Cn1cc(Br)ccc1=O)C1CC1. The monoisotopic (exact) mass is 309 g/mol. The van der Waals surface area contributed by atoms with Crippen LogP contribution < -0.4 is 5.56 Å². The van der Waals surface area contributed by atoms with Crippen LogP contribution in [0.25, 0.3) is 0 Å². The highest BCUT2D eigenvalue weighted by molar-refractivity contribution is 9.10. The summed E-state index contributed by atoms with van der Waals surface area (Å²) < 4.78 is 2.09. The van der Waals surface area contributed by atoms with Crippen LogP contribution in [-0.4, -0.2) is 28.0 Å². The lowest BCUT2D eigenvalue weighted by atomic mass is 10.4. The van der Waals surface area contributed by atoms with Crippen molar-refractivity contribution >= 4 is 21.8 Å². The van der Waals surface area contributed by atoms with Gasteiger partial charge in [-0.05, 0) is 34.8 Å². The van der Waals surface area contributed by atoms with Crippen LogP contribution in [0.1, 0.15) is 12.8 Å². The maximum Gasteiger partial charge on any atom is 0.251 e. The van der Waals surface area contributed by atoms with Crippen molar-refractivity contribution in [1.82, 2.24) is 9.47 Å². The summed E-state index contributed by atoms with van der Waals surface area (Å²) in [5, 5.41) is 8.71. The Morgan fingerprint density at radius 3 is 2.89 bits per heavy atom. The van der Waals surface area contributed by atoms with E-state index in [-0.39, 0.29) is 30.6 Å². The number of amides is 1. The minimum Gasteiger partial charge on any atom is -0.325 e. The zero-order valence-corrected chi connectivity index (χ0v) is 11.3. The quantitative estimate of drug-likeness (QED) is 0.783. The van der Waals surface area contributed by atoms with E-state index in [0.29, 0.717) is 0 Å². The number of nitriles is 1. The number of nitrogens with zero attached hydrogens (tertiary/aromatic N) is 3. The third-order valence-electron chi connectivity index (χ3n) is 2.80. The van der Waals surface area contributed by atoms with E-state index >= 15 is 0 Å². The summed E-state index contributed by atoms with van der Waals surface area (Å²) in [6.07, 6.45) is 3.47. The van der Waals surface area contributed by atoms with Crippen molar-refractivity contribution in [2.75, 3.05) is 6.54 Å².